The maximum absolute atomic E-state index is 12.4. The van der Waals surface area contributed by atoms with Gasteiger partial charge in [-0.1, -0.05) is 34.1 Å². The van der Waals surface area contributed by atoms with Crippen LogP contribution in [0.3, 0.4) is 0 Å². The maximum Gasteiger partial charge on any atom is 0.255 e. The number of amides is 1. The molecular weight excluding hydrogens is 376 g/mol. The standard InChI is InChI=1S/C21H17BrN2O/c1-2-24-19-10-8-15(22)12-17(19)18-13-16(9-11-20(18)24)23-21(25)14-6-4-3-5-7-14/h3-13H,2H2,1H3,(H,23,25). The number of hydrogen-bond donors (Lipinski definition) is 1. The van der Waals surface area contributed by atoms with Gasteiger partial charge in [0.05, 0.1) is 0 Å². The lowest BCUT2D eigenvalue weighted by Crippen LogP contribution is -2.11. The predicted molar refractivity (Wildman–Crippen MR) is 107 cm³/mol. The quantitative estimate of drug-likeness (QED) is 0.467. The van der Waals surface area contributed by atoms with E-state index >= 15 is 0 Å². The summed E-state index contributed by atoms with van der Waals surface area (Å²) in [6.45, 7) is 3.05. The fourth-order valence-corrected chi connectivity index (χ4v) is 3.65. The van der Waals surface area contributed by atoms with Crippen molar-refractivity contribution in [1.82, 2.24) is 4.57 Å². The molecule has 0 atom stereocenters. The molecule has 124 valence electrons. The Labute approximate surface area is 154 Å². The van der Waals surface area contributed by atoms with E-state index in [0.717, 1.165) is 22.1 Å². The number of anilines is 1. The van der Waals surface area contributed by atoms with E-state index in [1.807, 2.05) is 36.4 Å². The zero-order valence-electron chi connectivity index (χ0n) is 13.8. The number of aromatic nitrogens is 1. The number of carbonyl (C=O) groups is 1. The average Bonchev–Trinajstić information content (AvgIpc) is 2.94. The fourth-order valence-electron chi connectivity index (χ4n) is 3.29. The van der Waals surface area contributed by atoms with Gasteiger partial charge in [-0.05, 0) is 55.5 Å². The number of halogens is 1. The van der Waals surface area contributed by atoms with E-state index in [1.54, 1.807) is 0 Å². The minimum atomic E-state index is -0.0969. The molecule has 0 radical (unpaired) electrons. The summed E-state index contributed by atoms with van der Waals surface area (Å²) in [7, 11) is 0. The van der Waals surface area contributed by atoms with Gasteiger partial charge in [0.25, 0.3) is 5.91 Å². The van der Waals surface area contributed by atoms with Crippen LogP contribution < -0.4 is 5.32 Å². The summed E-state index contributed by atoms with van der Waals surface area (Å²) in [5.41, 5.74) is 3.83. The molecule has 0 aliphatic carbocycles. The van der Waals surface area contributed by atoms with Gasteiger partial charge in [-0.2, -0.15) is 0 Å². The molecule has 1 N–H and O–H groups in total. The summed E-state index contributed by atoms with van der Waals surface area (Å²) < 4.78 is 3.34. The van der Waals surface area contributed by atoms with Gasteiger partial charge in [0.2, 0.25) is 0 Å². The molecule has 1 aromatic heterocycles. The van der Waals surface area contributed by atoms with E-state index in [0.29, 0.717) is 5.56 Å². The first-order valence-corrected chi connectivity index (χ1v) is 9.04. The molecule has 0 unspecified atom stereocenters. The number of carbonyl (C=O) groups excluding carboxylic acids is 1. The van der Waals surface area contributed by atoms with Gasteiger partial charge in [0, 0.05) is 44.1 Å². The van der Waals surface area contributed by atoms with Crippen molar-refractivity contribution in [3.8, 4) is 0 Å². The smallest absolute Gasteiger partial charge is 0.255 e. The second kappa shape index (κ2) is 6.37. The summed E-state index contributed by atoms with van der Waals surface area (Å²) in [6, 6.07) is 21.7. The zero-order chi connectivity index (χ0) is 17.4. The van der Waals surface area contributed by atoms with Crippen LogP contribution >= 0.6 is 15.9 Å². The van der Waals surface area contributed by atoms with E-state index < -0.39 is 0 Å². The van der Waals surface area contributed by atoms with Gasteiger partial charge in [-0.25, -0.2) is 0 Å². The van der Waals surface area contributed by atoms with Crippen LogP contribution in [0, 0.1) is 0 Å². The van der Waals surface area contributed by atoms with Crippen LogP contribution in [0.15, 0.2) is 71.2 Å². The highest BCUT2D eigenvalue weighted by molar-refractivity contribution is 9.10. The molecule has 4 rings (SSSR count). The predicted octanol–water partition coefficient (Wildman–Crippen LogP) is 5.83. The normalized spacial score (nSPS) is 11.1. The number of nitrogens with zero attached hydrogens (tertiary/aromatic N) is 1. The van der Waals surface area contributed by atoms with Crippen LogP contribution in [0.5, 0.6) is 0 Å². The molecule has 0 spiro atoms. The van der Waals surface area contributed by atoms with Crippen molar-refractivity contribution < 1.29 is 4.79 Å². The first-order valence-electron chi connectivity index (χ1n) is 8.25. The molecule has 0 fully saturated rings. The second-order valence-corrected chi connectivity index (χ2v) is 6.87. The van der Waals surface area contributed by atoms with Crippen molar-refractivity contribution >= 4 is 49.3 Å². The maximum atomic E-state index is 12.4. The Kier molecular flexibility index (Phi) is 4.06. The molecule has 4 aromatic rings. The van der Waals surface area contributed by atoms with E-state index in [1.165, 1.54) is 16.4 Å². The van der Waals surface area contributed by atoms with Gasteiger partial charge in [-0.15, -0.1) is 0 Å². The van der Waals surface area contributed by atoms with Crippen molar-refractivity contribution in [3.05, 3.63) is 76.8 Å². The SMILES string of the molecule is CCn1c2ccc(Br)cc2c2cc(NC(=O)c3ccccc3)ccc21. The second-order valence-electron chi connectivity index (χ2n) is 5.96. The van der Waals surface area contributed by atoms with E-state index in [2.05, 4.69) is 63.1 Å². The molecule has 1 amide bonds. The van der Waals surface area contributed by atoms with Crippen LogP contribution in [-0.2, 0) is 6.54 Å². The molecule has 0 aliphatic heterocycles. The zero-order valence-corrected chi connectivity index (χ0v) is 15.4. The molecule has 0 saturated carbocycles. The summed E-state index contributed by atoms with van der Waals surface area (Å²) in [5, 5.41) is 5.32. The summed E-state index contributed by atoms with van der Waals surface area (Å²) in [6.07, 6.45) is 0. The summed E-state index contributed by atoms with van der Waals surface area (Å²) in [4.78, 5) is 12.4. The topological polar surface area (TPSA) is 34.0 Å². The number of hydrogen-bond acceptors (Lipinski definition) is 1. The number of benzene rings is 3. The van der Waals surface area contributed by atoms with Crippen molar-refractivity contribution in [1.29, 1.82) is 0 Å². The van der Waals surface area contributed by atoms with Crippen LogP contribution in [-0.4, -0.2) is 10.5 Å². The minimum Gasteiger partial charge on any atom is -0.341 e. The highest BCUT2D eigenvalue weighted by Gasteiger charge is 2.12. The first kappa shape index (κ1) is 15.9. The number of aryl methyl sites for hydroxylation is 1. The third kappa shape index (κ3) is 2.83. The van der Waals surface area contributed by atoms with E-state index in [9.17, 15) is 4.79 Å². The van der Waals surface area contributed by atoms with Crippen LogP contribution in [0.1, 0.15) is 17.3 Å². The Morgan fingerprint density at radius 2 is 1.64 bits per heavy atom. The average molecular weight is 393 g/mol. The van der Waals surface area contributed by atoms with Crippen LogP contribution in [0.4, 0.5) is 5.69 Å². The lowest BCUT2D eigenvalue weighted by Gasteiger charge is -2.06. The monoisotopic (exact) mass is 392 g/mol. The first-order chi connectivity index (χ1) is 12.2. The fraction of sp³-hybridized carbons (Fsp3) is 0.0952. The number of nitrogens with one attached hydrogen (secondary N) is 1. The van der Waals surface area contributed by atoms with Crippen LogP contribution in [0.25, 0.3) is 21.8 Å². The van der Waals surface area contributed by atoms with Gasteiger partial charge >= 0.3 is 0 Å². The number of rotatable bonds is 3. The van der Waals surface area contributed by atoms with Gasteiger partial charge in [0.1, 0.15) is 0 Å². The van der Waals surface area contributed by atoms with Gasteiger partial charge in [-0.3, -0.25) is 4.79 Å². The van der Waals surface area contributed by atoms with Gasteiger partial charge < -0.3 is 9.88 Å². The van der Waals surface area contributed by atoms with E-state index in [4.69, 9.17) is 0 Å². The molecule has 0 aliphatic rings. The Balaban J connectivity index is 1.81. The lowest BCUT2D eigenvalue weighted by atomic mass is 10.1. The summed E-state index contributed by atoms with van der Waals surface area (Å²) >= 11 is 3.56. The molecule has 1 heterocycles. The van der Waals surface area contributed by atoms with Crippen molar-refractivity contribution in [2.45, 2.75) is 13.5 Å². The van der Waals surface area contributed by atoms with E-state index in [-0.39, 0.29) is 5.91 Å². The highest BCUT2D eigenvalue weighted by Crippen LogP contribution is 2.33. The molecule has 25 heavy (non-hydrogen) atoms. The minimum absolute atomic E-state index is 0.0969. The third-order valence-corrected chi connectivity index (χ3v) is 4.93. The Morgan fingerprint density at radius 1 is 0.960 bits per heavy atom. The van der Waals surface area contributed by atoms with Crippen LogP contribution in [0.2, 0.25) is 0 Å². The van der Waals surface area contributed by atoms with Gasteiger partial charge in [0.15, 0.2) is 0 Å². The molecular formula is C21H17BrN2O. The third-order valence-electron chi connectivity index (χ3n) is 4.44. The Morgan fingerprint density at radius 3 is 2.36 bits per heavy atom. The largest absolute Gasteiger partial charge is 0.341 e. The molecule has 4 heteroatoms. The molecule has 0 bridgehead atoms. The molecule has 3 nitrogen and oxygen atoms in total. The highest BCUT2D eigenvalue weighted by atomic mass is 79.9. The van der Waals surface area contributed by atoms with Crippen molar-refractivity contribution in [3.63, 3.8) is 0 Å². The summed E-state index contributed by atoms with van der Waals surface area (Å²) in [5.74, 6) is -0.0969. The van der Waals surface area contributed by atoms with Crippen molar-refractivity contribution in [2.24, 2.45) is 0 Å². The Bertz CT molecular complexity index is 1080. The lowest BCUT2D eigenvalue weighted by molar-refractivity contribution is 0.102. The van der Waals surface area contributed by atoms with Crippen molar-refractivity contribution in [2.75, 3.05) is 5.32 Å². The number of fused-ring (bicyclic) bond motifs is 3. The molecule has 3 aromatic carbocycles. The molecule has 0 saturated heterocycles. The Hall–Kier alpha value is -2.59.